The summed E-state index contributed by atoms with van der Waals surface area (Å²) in [6.45, 7) is 0. The van der Waals surface area contributed by atoms with Crippen molar-refractivity contribution in [2.24, 2.45) is 0 Å². The molecule has 0 aliphatic rings. The molecule has 1 heterocycles. The third-order valence-corrected chi connectivity index (χ3v) is 2.40. The van der Waals surface area contributed by atoms with Gasteiger partial charge in [0.2, 0.25) is 0 Å². The Kier molecular flexibility index (Phi) is 3.57. The van der Waals surface area contributed by atoms with Crippen LogP contribution in [0.3, 0.4) is 0 Å². The van der Waals surface area contributed by atoms with Crippen LogP contribution in [0.2, 0.25) is 0 Å². The molecule has 0 aliphatic carbocycles. The van der Waals surface area contributed by atoms with Gasteiger partial charge in [-0.05, 0) is 18.2 Å². The standard InChI is InChI=1S/C12H13N3O3/c1-16-8-4-5-11(17-2)9(6-8)10-7-13-15-12(14-10)18-3/h4-7H,1-3H3. The Hall–Kier alpha value is -2.37. The van der Waals surface area contributed by atoms with Crippen molar-refractivity contribution in [1.82, 2.24) is 15.2 Å². The summed E-state index contributed by atoms with van der Waals surface area (Å²) in [5.41, 5.74) is 1.38. The number of methoxy groups -OCH3 is 3. The van der Waals surface area contributed by atoms with Crippen LogP contribution in [0.4, 0.5) is 0 Å². The minimum Gasteiger partial charge on any atom is -0.497 e. The SMILES string of the molecule is COc1ccc(OC)c(-c2cnnc(OC)n2)c1. The summed E-state index contributed by atoms with van der Waals surface area (Å²) in [5.74, 6) is 1.39. The summed E-state index contributed by atoms with van der Waals surface area (Å²) < 4.78 is 15.4. The summed E-state index contributed by atoms with van der Waals surface area (Å²) >= 11 is 0. The van der Waals surface area contributed by atoms with E-state index >= 15 is 0 Å². The van der Waals surface area contributed by atoms with Crippen molar-refractivity contribution in [3.63, 3.8) is 0 Å². The first-order chi connectivity index (χ1) is 8.78. The molecule has 1 aromatic carbocycles. The molecule has 1 aromatic heterocycles. The largest absolute Gasteiger partial charge is 0.497 e. The lowest BCUT2D eigenvalue weighted by Gasteiger charge is -2.09. The summed E-state index contributed by atoms with van der Waals surface area (Å²) in [6.07, 6.45) is 1.54. The second-order valence-electron chi connectivity index (χ2n) is 3.39. The zero-order valence-corrected chi connectivity index (χ0v) is 10.4. The predicted molar refractivity (Wildman–Crippen MR) is 64.9 cm³/mol. The van der Waals surface area contributed by atoms with Crippen LogP contribution in [0, 0.1) is 0 Å². The molecule has 6 heteroatoms. The van der Waals surface area contributed by atoms with Gasteiger partial charge in [-0.3, -0.25) is 0 Å². The fraction of sp³-hybridized carbons (Fsp3) is 0.250. The Bertz CT molecular complexity index is 546. The molecule has 2 aromatic rings. The van der Waals surface area contributed by atoms with Gasteiger partial charge in [0.05, 0.1) is 33.2 Å². The average molecular weight is 247 g/mol. The molecule has 0 fully saturated rings. The molecule has 2 rings (SSSR count). The van der Waals surface area contributed by atoms with E-state index in [2.05, 4.69) is 15.2 Å². The highest BCUT2D eigenvalue weighted by atomic mass is 16.5. The Morgan fingerprint density at radius 1 is 1.00 bits per heavy atom. The minimum absolute atomic E-state index is 0.206. The zero-order valence-electron chi connectivity index (χ0n) is 10.4. The average Bonchev–Trinajstić information content (AvgIpc) is 2.46. The number of aromatic nitrogens is 3. The molecule has 0 spiro atoms. The number of hydrogen-bond donors (Lipinski definition) is 0. The van der Waals surface area contributed by atoms with Crippen LogP contribution in [-0.2, 0) is 0 Å². The van der Waals surface area contributed by atoms with E-state index in [1.54, 1.807) is 20.4 Å². The van der Waals surface area contributed by atoms with Crippen molar-refractivity contribution in [1.29, 1.82) is 0 Å². The molecule has 0 saturated carbocycles. The Labute approximate surface area is 105 Å². The van der Waals surface area contributed by atoms with Crippen LogP contribution in [0.5, 0.6) is 17.5 Å². The Balaban J connectivity index is 2.53. The van der Waals surface area contributed by atoms with Gasteiger partial charge in [0.25, 0.3) is 0 Å². The highest BCUT2D eigenvalue weighted by Gasteiger charge is 2.10. The first-order valence-corrected chi connectivity index (χ1v) is 5.24. The molecular formula is C12H13N3O3. The van der Waals surface area contributed by atoms with Crippen molar-refractivity contribution in [2.75, 3.05) is 21.3 Å². The van der Waals surface area contributed by atoms with Gasteiger partial charge in [0.1, 0.15) is 11.5 Å². The summed E-state index contributed by atoms with van der Waals surface area (Å²) in [6, 6.07) is 5.65. The zero-order chi connectivity index (χ0) is 13.0. The van der Waals surface area contributed by atoms with Crippen LogP contribution in [0.1, 0.15) is 0 Å². The topological polar surface area (TPSA) is 66.4 Å². The highest BCUT2D eigenvalue weighted by molar-refractivity contribution is 5.68. The normalized spacial score (nSPS) is 9.94. The molecule has 0 unspecified atom stereocenters. The first-order valence-electron chi connectivity index (χ1n) is 5.24. The molecule has 0 saturated heterocycles. The van der Waals surface area contributed by atoms with Gasteiger partial charge >= 0.3 is 6.01 Å². The molecule has 0 amide bonds. The predicted octanol–water partition coefficient (Wildman–Crippen LogP) is 1.56. The van der Waals surface area contributed by atoms with Crippen LogP contribution in [-0.4, -0.2) is 36.5 Å². The molecule has 6 nitrogen and oxygen atoms in total. The Morgan fingerprint density at radius 3 is 2.50 bits per heavy atom. The van der Waals surface area contributed by atoms with Crippen molar-refractivity contribution in [3.05, 3.63) is 24.4 Å². The van der Waals surface area contributed by atoms with Crippen LogP contribution in [0.15, 0.2) is 24.4 Å². The molecule has 94 valence electrons. The van der Waals surface area contributed by atoms with Gasteiger partial charge in [-0.15, -0.1) is 0 Å². The smallest absolute Gasteiger partial charge is 0.335 e. The lowest BCUT2D eigenvalue weighted by molar-refractivity contribution is 0.373. The van der Waals surface area contributed by atoms with Crippen LogP contribution >= 0.6 is 0 Å². The van der Waals surface area contributed by atoms with Gasteiger partial charge < -0.3 is 14.2 Å². The molecule has 0 bridgehead atoms. The summed E-state index contributed by atoms with van der Waals surface area (Å²) in [4.78, 5) is 4.21. The van der Waals surface area contributed by atoms with Crippen molar-refractivity contribution >= 4 is 0 Å². The van der Waals surface area contributed by atoms with E-state index in [9.17, 15) is 0 Å². The first kappa shape index (κ1) is 12.1. The number of benzene rings is 1. The van der Waals surface area contributed by atoms with E-state index in [0.717, 1.165) is 5.56 Å². The van der Waals surface area contributed by atoms with E-state index in [1.165, 1.54) is 7.11 Å². The van der Waals surface area contributed by atoms with E-state index in [4.69, 9.17) is 14.2 Å². The van der Waals surface area contributed by atoms with Crippen molar-refractivity contribution < 1.29 is 14.2 Å². The van der Waals surface area contributed by atoms with Crippen molar-refractivity contribution in [2.45, 2.75) is 0 Å². The van der Waals surface area contributed by atoms with Crippen LogP contribution in [0.25, 0.3) is 11.3 Å². The molecule has 0 atom stereocenters. The maximum Gasteiger partial charge on any atom is 0.335 e. The maximum absolute atomic E-state index is 5.29. The van der Waals surface area contributed by atoms with Gasteiger partial charge in [-0.25, -0.2) is 0 Å². The number of ether oxygens (including phenoxy) is 3. The second kappa shape index (κ2) is 5.31. The fourth-order valence-electron chi connectivity index (χ4n) is 1.52. The van der Waals surface area contributed by atoms with Gasteiger partial charge in [0, 0.05) is 5.56 Å². The quantitative estimate of drug-likeness (QED) is 0.816. The second-order valence-corrected chi connectivity index (χ2v) is 3.39. The molecule has 18 heavy (non-hydrogen) atoms. The van der Waals surface area contributed by atoms with Crippen LogP contribution < -0.4 is 14.2 Å². The number of rotatable bonds is 4. The summed E-state index contributed by atoms with van der Waals surface area (Å²) in [7, 11) is 4.69. The van der Waals surface area contributed by atoms with E-state index in [0.29, 0.717) is 17.2 Å². The maximum atomic E-state index is 5.29. The highest BCUT2D eigenvalue weighted by Crippen LogP contribution is 2.32. The van der Waals surface area contributed by atoms with Gasteiger partial charge in [0.15, 0.2) is 0 Å². The lowest BCUT2D eigenvalue weighted by Crippen LogP contribution is -1.97. The van der Waals surface area contributed by atoms with Crippen molar-refractivity contribution in [3.8, 4) is 28.8 Å². The monoisotopic (exact) mass is 247 g/mol. The van der Waals surface area contributed by atoms with E-state index < -0.39 is 0 Å². The fourth-order valence-corrected chi connectivity index (χ4v) is 1.52. The molecule has 0 radical (unpaired) electrons. The lowest BCUT2D eigenvalue weighted by atomic mass is 10.1. The number of nitrogens with zero attached hydrogens (tertiary/aromatic N) is 3. The van der Waals surface area contributed by atoms with Gasteiger partial charge in [-0.1, -0.05) is 5.10 Å². The summed E-state index contributed by atoms with van der Waals surface area (Å²) in [5, 5.41) is 7.55. The Morgan fingerprint density at radius 2 is 1.83 bits per heavy atom. The minimum atomic E-state index is 0.206. The van der Waals surface area contributed by atoms with E-state index in [1.807, 2.05) is 18.2 Å². The third-order valence-electron chi connectivity index (χ3n) is 2.40. The van der Waals surface area contributed by atoms with Gasteiger partial charge in [-0.2, -0.15) is 10.1 Å². The molecular weight excluding hydrogens is 234 g/mol. The molecule has 0 aliphatic heterocycles. The number of hydrogen-bond acceptors (Lipinski definition) is 6. The molecule has 0 N–H and O–H groups in total. The van der Waals surface area contributed by atoms with E-state index in [-0.39, 0.29) is 6.01 Å². The third kappa shape index (κ3) is 2.32.